The van der Waals surface area contributed by atoms with Crippen molar-refractivity contribution >= 4 is 39.1 Å². The van der Waals surface area contributed by atoms with Crippen LogP contribution in [0.4, 0.5) is 5.13 Å². The summed E-state index contributed by atoms with van der Waals surface area (Å²) in [4.78, 5) is 33.2. The Bertz CT molecular complexity index is 1090. The Labute approximate surface area is 183 Å². The van der Waals surface area contributed by atoms with Crippen molar-refractivity contribution in [2.45, 2.75) is 31.1 Å². The molecule has 2 aromatic heterocycles. The molecule has 0 saturated carbocycles. The van der Waals surface area contributed by atoms with E-state index in [4.69, 9.17) is 0 Å². The molecular weight excluding hydrogens is 418 g/mol. The minimum absolute atomic E-state index is 0.0731. The largest absolute Gasteiger partial charge is 0.355 e. The topological polar surface area (TPSA) is 79.6 Å². The molecule has 9 heteroatoms. The quantitative estimate of drug-likeness (QED) is 0.590. The van der Waals surface area contributed by atoms with Gasteiger partial charge in [-0.2, -0.15) is 4.52 Å². The zero-order valence-corrected chi connectivity index (χ0v) is 18.8. The predicted octanol–water partition coefficient (Wildman–Crippen LogP) is 2.76. The van der Waals surface area contributed by atoms with E-state index in [1.165, 1.54) is 32.4 Å². The summed E-state index contributed by atoms with van der Waals surface area (Å²) < 4.78 is 1.35. The van der Waals surface area contributed by atoms with Crippen molar-refractivity contribution in [3.8, 4) is 0 Å². The molecule has 3 aromatic rings. The van der Waals surface area contributed by atoms with E-state index >= 15 is 0 Å². The number of amides is 1. The van der Waals surface area contributed by atoms with E-state index in [0.29, 0.717) is 23.7 Å². The number of thioether (sulfide) groups is 1. The molecule has 1 amide bonds. The van der Waals surface area contributed by atoms with E-state index < -0.39 is 0 Å². The smallest absolute Gasteiger partial charge is 0.275 e. The molecule has 0 radical (unpaired) electrons. The molecule has 1 saturated heterocycles. The number of nitrogens with zero attached hydrogens (tertiary/aromatic N) is 4. The van der Waals surface area contributed by atoms with Crippen LogP contribution in [0.1, 0.15) is 24.1 Å². The van der Waals surface area contributed by atoms with Gasteiger partial charge in [0, 0.05) is 36.3 Å². The molecule has 1 aliphatic heterocycles. The Balaban J connectivity index is 1.35. The van der Waals surface area contributed by atoms with Gasteiger partial charge in [-0.05, 0) is 50.1 Å². The molecule has 1 N–H and O–H groups in total. The highest BCUT2D eigenvalue weighted by atomic mass is 32.2. The van der Waals surface area contributed by atoms with Gasteiger partial charge < -0.3 is 10.2 Å². The Morgan fingerprint density at radius 2 is 2.13 bits per heavy atom. The number of carbonyl (C=O) groups excluding carboxylic acids is 1. The number of aryl methyl sites for hydroxylation is 1. The van der Waals surface area contributed by atoms with Crippen LogP contribution in [0.3, 0.4) is 0 Å². The molecule has 0 bridgehead atoms. The molecule has 1 aliphatic rings. The number of benzene rings is 1. The Kier molecular flexibility index (Phi) is 6.38. The first-order valence-electron chi connectivity index (χ1n) is 10.1. The van der Waals surface area contributed by atoms with Crippen molar-refractivity contribution in [2.24, 2.45) is 5.92 Å². The van der Waals surface area contributed by atoms with Crippen LogP contribution >= 0.6 is 23.1 Å². The summed E-state index contributed by atoms with van der Waals surface area (Å²) >= 11 is 3.12. The lowest BCUT2D eigenvalue weighted by Crippen LogP contribution is -2.43. The molecule has 158 valence electrons. The molecule has 0 aliphatic carbocycles. The minimum Gasteiger partial charge on any atom is -0.355 e. The zero-order valence-electron chi connectivity index (χ0n) is 17.1. The number of rotatable bonds is 6. The predicted molar refractivity (Wildman–Crippen MR) is 122 cm³/mol. The maximum absolute atomic E-state index is 12.7. The molecule has 4 rings (SSSR count). The third-order valence-electron chi connectivity index (χ3n) is 5.30. The van der Waals surface area contributed by atoms with Crippen LogP contribution in [0.25, 0.3) is 4.96 Å². The second-order valence-corrected chi connectivity index (χ2v) is 9.30. The lowest BCUT2D eigenvalue weighted by Gasteiger charge is -2.31. The average Bonchev–Trinajstić information content (AvgIpc) is 3.19. The van der Waals surface area contributed by atoms with Gasteiger partial charge in [-0.15, -0.1) is 16.9 Å². The molecule has 7 nitrogen and oxygen atoms in total. The Morgan fingerprint density at radius 3 is 2.90 bits per heavy atom. The Hall–Kier alpha value is -2.39. The molecule has 1 fully saturated rings. The number of hydrogen-bond donors (Lipinski definition) is 1. The van der Waals surface area contributed by atoms with Gasteiger partial charge in [-0.25, -0.2) is 4.98 Å². The van der Waals surface area contributed by atoms with Crippen molar-refractivity contribution < 1.29 is 4.79 Å². The number of hydrogen-bond acceptors (Lipinski definition) is 7. The lowest BCUT2D eigenvalue weighted by atomic mass is 9.97. The van der Waals surface area contributed by atoms with Crippen LogP contribution in [-0.4, -0.2) is 46.4 Å². The van der Waals surface area contributed by atoms with Crippen LogP contribution in [0, 0.1) is 12.8 Å². The van der Waals surface area contributed by atoms with Crippen molar-refractivity contribution in [1.29, 1.82) is 0 Å². The molecule has 0 unspecified atom stereocenters. The number of aromatic nitrogens is 3. The van der Waals surface area contributed by atoms with E-state index in [1.54, 1.807) is 18.7 Å². The van der Waals surface area contributed by atoms with Gasteiger partial charge >= 0.3 is 0 Å². The van der Waals surface area contributed by atoms with E-state index in [2.05, 4.69) is 50.8 Å². The summed E-state index contributed by atoms with van der Waals surface area (Å²) in [6, 6.07) is 9.94. The van der Waals surface area contributed by atoms with Crippen LogP contribution in [0.2, 0.25) is 0 Å². The van der Waals surface area contributed by atoms with Crippen LogP contribution in [-0.2, 0) is 11.2 Å². The average molecular weight is 444 g/mol. The van der Waals surface area contributed by atoms with Crippen LogP contribution in [0.15, 0.2) is 40.0 Å². The van der Waals surface area contributed by atoms with Crippen LogP contribution < -0.4 is 15.8 Å². The first kappa shape index (κ1) is 20.9. The van der Waals surface area contributed by atoms with Gasteiger partial charge in [0.25, 0.3) is 5.56 Å². The monoisotopic (exact) mass is 443 g/mol. The second kappa shape index (κ2) is 9.18. The van der Waals surface area contributed by atoms with Gasteiger partial charge in [-0.3, -0.25) is 9.59 Å². The first-order chi connectivity index (χ1) is 14.5. The molecule has 1 atom stereocenters. The molecular formula is C21H25N5O2S2. The second-order valence-electron chi connectivity index (χ2n) is 7.49. The summed E-state index contributed by atoms with van der Waals surface area (Å²) in [5.74, 6) is 0.0173. The number of nitrogens with one attached hydrogen (secondary N) is 1. The number of piperidine rings is 1. The number of fused-ring (bicyclic) bond motifs is 1. The van der Waals surface area contributed by atoms with Crippen molar-refractivity contribution in [1.82, 2.24) is 19.9 Å². The highest BCUT2D eigenvalue weighted by Crippen LogP contribution is 2.27. The fourth-order valence-electron chi connectivity index (χ4n) is 3.67. The van der Waals surface area contributed by atoms with Crippen molar-refractivity contribution in [3.05, 3.63) is 51.9 Å². The molecule has 30 heavy (non-hydrogen) atoms. The lowest BCUT2D eigenvalue weighted by molar-refractivity contribution is -0.125. The molecule has 3 heterocycles. The van der Waals surface area contributed by atoms with E-state index in [1.807, 2.05) is 0 Å². The summed E-state index contributed by atoms with van der Waals surface area (Å²) in [6.45, 7) is 3.88. The van der Waals surface area contributed by atoms with Crippen molar-refractivity contribution in [2.75, 3.05) is 30.8 Å². The van der Waals surface area contributed by atoms with E-state index in [9.17, 15) is 9.59 Å². The highest BCUT2D eigenvalue weighted by Gasteiger charge is 2.27. The fourth-order valence-corrected chi connectivity index (χ4v) is 5.07. The van der Waals surface area contributed by atoms with E-state index in [0.717, 1.165) is 30.9 Å². The number of carbonyl (C=O) groups is 1. The Morgan fingerprint density at radius 1 is 1.33 bits per heavy atom. The van der Waals surface area contributed by atoms with Gasteiger partial charge in [0.2, 0.25) is 16.0 Å². The van der Waals surface area contributed by atoms with Gasteiger partial charge in [0.15, 0.2) is 0 Å². The normalized spacial score (nSPS) is 16.7. The summed E-state index contributed by atoms with van der Waals surface area (Å²) in [5, 5.41) is 8.28. The third kappa shape index (κ3) is 4.67. The van der Waals surface area contributed by atoms with Crippen molar-refractivity contribution in [3.63, 3.8) is 0 Å². The number of anilines is 1. The zero-order chi connectivity index (χ0) is 21.1. The molecule has 1 aromatic carbocycles. The SMILES string of the molecule is CSc1ccc(CCNC(=O)[C@@H]2CCCN(c3nn4c(=O)cc(C)nc4s3)C2)cc1. The fraction of sp³-hybridized carbons (Fsp3) is 0.429. The maximum Gasteiger partial charge on any atom is 0.275 e. The minimum atomic E-state index is -0.170. The van der Waals surface area contributed by atoms with Gasteiger partial charge in [-0.1, -0.05) is 23.5 Å². The summed E-state index contributed by atoms with van der Waals surface area (Å²) in [7, 11) is 0. The van der Waals surface area contributed by atoms with E-state index in [-0.39, 0.29) is 17.4 Å². The first-order valence-corrected chi connectivity index (χ1v) is 12.1. The van der Waals surface area contributed by atoms with Gasteiger partial charge in [0.1, 0.15) is 0 Å². The molecule has 0 spiro atoms. The maximum atomic E-state index is 12.7. The standard InChI is InChI=1S/C21H25N5O2S2/c1-14-12-18(27)26-20(23-14)30-21(24-26)25-11-3-4-16(13-25)19(28)22-10-9-15-5-7-17(29-2)8-6-15/h5-8,12,16H,3-4,9-11,13H2,1-2H3,(H,22,28)/t16-/m1/s1. The third-order valence-corrected chi connectivity index (χ3v) is 7.01. The van der Waals surface area contributed by atoms with Crippen LogP contribution in [0.5, 0.6) is 0 Å². The van der Waals surface area contributed by atoms with Gasteiger partial charge in [0.05, 0.1) is 5.92 Å². The summed E-state index contributed by atoms with van der Waals surface area (Å²) in [5.41, 5.74) is 1.74. The summed E-state index contributed by atoms with van der Waals surface area (Å²) in [6.07, 6.45) is 4.67. The highest BCUT2D eigenvalue weighted by molar-refractivity contribution is 7.98.